The van der Waals surface area contributed by atoms with Crippen LogP contribution in [0.4, 0.5) is 5.82 Å². The minimum atomic E-state index is -0.194. The van der Waals surface area contributed by atoms with E-state index in [4.69, 9.17) is 21.9 Å². The van der Waals surface area contributed by atoms with Crippen molar-refractivity contribution in [1.82, 2.24) is 14.3 Å². The Bertz CT molecular complexity index is 1070. The van der Waals surface area contributed by atoms with Crippen LogP contribution >= 0.6 is 24.0 Å². The zero-order valence-electron chi connectivity index (χ0n) is 16.4. The Kier molecular flexibility index (Phi) is 5.71. The van der Waals surface area contributed by atoms with E-state index < -0.39 is 0 Å². The minimum Gasteiger partial charge on any atom is -0.378 e. The van der Waals surface area contributed by atoms with E-state index in [1.54, 1.807) is 17.2 Å². The third-order valence-corrected chi connectivity index (χ3v) is 6.35. The van der Waals surface area contributed by atoms with E-state index in [9.17, 15) is 9.59 Å². The van der Waals surface area contributed by atoms with Crippen molar-refractivity contribution in [2.45, 2.75) is 20.3 Å². The molecule has 152 valence electrons. The Hall–Kier alpha value is -2.23. The quantitative estimate of drug-likeness (QED) is 0.545. The number of pyridine rings is 1. The van der Waals surface area contributed by atoms with Crippen LogP contribution in [0.15, 0.2) is 28.0 Å². The number of thioether (sulfide) groups is 1. The summed E-state index contributed by atoms with van der Waals surface area (Å²) in [5.41, 5.74) is 1.75. The number of anilines is 1. The van der Waals surface area contributed by atoms with Gasteiger partial charge in [-0.3, -0.25) is 18.9 Å². The van der Waals surface area contributed by atoms with Gasteiger partial charge in [0.1, 0.15) is 15.8 Å². The number of carbonyl (C=O) groups is 1. The molecular weight excluding hydrogens is 408 g/mol. The molecule has 0 spiro atoms. The molecule has 9 heteroatoms. The van der Waals surface area contributed by atoms with Crippen molar-refractivity contribution >= 4 is 51.7 Å². The van der Waals surface area contributed by atoms with Crippen LogP contribution in [-0.4, -0.2) is 57.4 Å². The fraction of sp³-hybridized carbons (Fsp3) is 0.400. The molecule has 4 heterocycles. The normalized spacial score (nSPS) is 19.0. The third-order valence-electron chi connectivity index (χ3n) is 4.97. The summed E-state index contributed by atoms with van der Waals surface area (Å²) in [6.07, 6.45) is 4.18. The van der Waals surface area contributed by atoms with E-state index in [0.29, 0.717) is 59.1 Å². The topological polar surface area (TPSA) is 67.2 Å². The molecule has 0 bridgehead atoms. The number of ether oxygens (including phenoxy) is 1. The first-order chi connectivity index (χ1) is 14.0. The van der Waals surface area contributed by atoms with Crippen molar-refractivity contribution in [3.8, 4) is 0 Å². The fourth-order valence-corrected chi connectivity index (χ4v) is 4.78. The average Bonchev–Trinajstić information content (AvgIpc) is 2.99. The van der Waals surface area contributed by atoms with E-state index in [0.717, 1.165) is 12.0 Å². The molecule has 2 aliphatic rings. The molecule has 2 saturated heterocycles. The lowest BCUT2D eigenvalue weighted by Crippen LogP contribution is -2.38. The largest absolute Gasteiger partial charge is 0.378 e. The van der Waals surface area contributed by atoms with Gasteiger partial charge in [0.15, 0.2) is 0 Å². The van der Waals surface area contributed by atoms with Crippen LogP contribution in [0, 0.1) is 6.92 Å². The lowest BCUT2D eigenvalue weighted by atomic mass is 10.2. The van der Waals surface area contributed by atoms with E-state index in [2.05, 4.69) is 4.90 Å². The Morgan fingerprint density at radius 3 is 2.79 bits per heavy atom. The van der Waals surface area contributed by atoms with Gasteiger partial charge in [-0.05, 0) is 31.1 Å². The van der Waals surface area contributed by atoms with Gasteiger partial charge in [-0.25, -0.2) is 4.98 Å². The third kappa shape index (κ3) is 3.70. The monoisotopic (exact) mass is 430 g/mol. The van der Waals surface area contributed by atoms with Crippen LogP contribution in [0.25, 0.3) is 11.7 Å². The molecule has 2 aliphatic heterocycles. The van der Waals surface area contributed by atoms with Gasteiger partial charge in [0.2, 0.25) is 0 Å². The highest BCUT2D eigenvalue weighted by Gasteiger charge is 2.32. The maximum atomic E-state index is 13.4. The first kappa shape index (κ1) is 20.1. The molecule has 1 amide bonds. The Morgan fingerprint density at radius 2 is 2.07 bits per heavy atom. The summed E-state index contributed by atoms with van der Waals surface area (Å²) >= 11 is 6.60. The molecule has 0 saturated carbocycles. The first-order valence-corrected chi connectivity index (χ1v) is 10.8. The molecule has 0 radical (unpaired) electrons. The van der Waals surface area contributed by atoms with Gasteiger partial charge in [-0.15, -0.1) is 0 Å². The molecule has 2 fully saturated rings. The fourth-order valence-electron chi connectivity index (χ4n) is 3.49. The van der Waals surface area contributed by atoms with Crippen LogP contribution in [0.3, 0.4) is 0 Å². The second-order valence-electron chi connectivity index (χ2n) is 6.97. The summed E-state index contributed by atoms with van der Waals surface area (Å²) in [7, 11) is 0. The second kappa shape index (κ2) is 8.25. The summed E-state index contributed by atoms with van der Waals surface area (Å²) < 4.78 is 7.53. The lowest BCUT2D eigenvalue weighted by molar-refractivity contribution is -0.122. The number of aryl methyl sites for hydroxylation is 1. The van der Waals surface area contributed by atoms with Gasteiger partial charge in [0.25, 0.3) is 11.5 Å². The summed E-state index contributed by atoms with van der Waals surface area (Å²) in [5, 5.41) is 0. The maximum absolute atomic E-state index is 13.4. The summed E-state index contributed by atoms with van der Waals surface area (Å²) in [6.45, 7) is 6.95. The number of nitrogens with zero attached hydrogens (tertiary/aromatic N) is 4. The number of carbonyl (C=O) groups excluding carboxylic acids is 1. The van der Waals surface area contributed by atoms with Gasteiger partial charge in [-0.1, -0.05) is 37.0 Å². The molecule has 29 heavy (non-hydrogen) atoms. The Labute approximate surface area is 178 Å². The summed E-state index contributed by atoms with van der Waals surface area (Å²) in [4.78, 5) is 35.1. The van der Waals surface area contributed by atoms with E-state index in [-0.39, 0.29) is 11.5 Å². The van der Waals surface area contributed by atoms with Crippen LogP contribution in [0.5, 0.6) is 0 Å². The molecule has 0 atom stereocenters. The van der Waals surface area contributed by atoms with E-state index >= 15 is 0 Å². The number of fused-ring (bicyclic) bond motifs is 1. The van der Waals surface area contributed by atoms with Gasteiger partial charge in [0, 0.05) is 25.8 Å². The molecule has 0 N–H and O–H groups in total. The number of amides is 1. The maximum Gasteiger partial charge on any atom is 0.267 e. The van der Waals surface area contributed by atoms with Crippen molar-refractivity contribution in [3.63, 3.8) is 0 Å². The van der Waals surface area contributed by atoms with Gasteiger partial charge < -0.3 is 9.64 Å². The zero-order chi connectivity index (χ0) is 20.5. The van der Waals surface area contributed by atoms with Crippen molar-refractivity contribution in [2.75, 3.05) is 37.7 Å². The smallest absolute Gasteiger partial charge is 0.267 e. The molecular formula is C20H22N4O3S2. The highest BCUT2D eigenvalue weighted by Crippen LogP contribution is 2.33. The molecule has 7 nitrogen and oxygen atoms in total. The predicted octanol–water partition coefficient (Wildman–Crippen LogP) is 2.45. The van der Waals surface area contributed by atoms with Gasteiger partial charge in [0.05, 0.1) is 23.7 Å². The highest BCUT2D eigenvalue weighted by molar-refractivity contribution is 8.26. The first-order valence-electron chi connectivity index (χ1n) is 9.61. The molecule has 2 aromatic rings. The van der Waals surface area contributed by atoms with Crippen LogP contribution in [0.2, 0.25) is 0 Å². The summed E-state index contributed by atoms with van der Waals surface area (Å²) in [5.74, 6) is 0.442. The molecule has 4 rings (SSSR count). The number of hydrogen-bond acceptors (Lipinski definition) is 7. The van der Waals surface area contributed by atoms with E-state index in [1.807, 2.05) is 26.0 Å². The number of aromatic nitrogens is 2. The van der Waals surface area contributed by atoms with Gasteiger partial charge in [-0.2, -0.15) is 0 Å². The Morgan fingerprint density at radius 1 is 1.31 bits per heavy atom. The predicted molar refractivity (Wildman–Crippen MR) is 119 cm³/mol. The lowest BCUT2D eigenvalue weighted by Gasteiger charge is -2.29. The number of thiocarbonyl (C=S) groups is 1. The summed E-state index contributed by atoms with van der Waals surface area (Å²) in [6, 6.07) is 3.75. The van der Waals surface area contributed by atoms with Crippen molar-refractivity contribution in [1.29, 1.82) is 0 Å². The Balaban J connectivity index is 1.88. The van der Waals surface area contributed by atoms with Crippen molar-refractivity contribution < 1.29 is 9.53 Å². The molecule has 0 aliphatic carbocycles. The van der Waals surface area contributed by atoms with Crippen molar-refractivity contribution in [2.24, 2.45) is 0 Å². The number of rotatable bonds is 4. The minimum absolute atomic E-state index is 0.150. The molecule has 2 aromatic heterocycles. The molecule has 0 aromatic carbocycles. The van der Waals surface area contributed by atoms with Crippen molar-refractivity contribution in [3.05, 3.63) is 44.7 Å². The standard InChI is InChI=1S/C20H22N4O3S2/c1-3-6-24-19(26)15(29-20(24)28)12-14-17(22-8-10-27-11-9-22)21-16-13(2)5-4-7-23(16)18(14)25/h4-5,7,12H,3,6,8-11H2,1-2H3/b15-12-. The average molecular weight is 431 g/mol. The van der Waals surface area contributed by atoms with Crippen LogP contribution < -0.4 is 10.5 Å². The molecule has 0 unspecified atom stereocenters. The number of hydrogen-bond donors (Lipinski definition) is 0. The highest BCUT2D eigenvalue weighted by atomic mass is 32.2. The van der Waals surface area contributed by atoms with E-state index in [1.165, 1.54) is 16.2 Å². The van der Waals surface area contributed by atoms with Crippen LogP contribution in [0.1, 0.15) is 24.5 Å². The van der Waals surface area contributed by atoms with Gasteiger partial charge >= 0.3 is 0 Å². The SMILES string of the molecule is CCCN1C(=O)/C(=C/c2c(N3CCOCC3)nc3c(C)cccn3c2=O)SC1=S. The second-order valence-corrected chi connectivity index (χ2v) is 8.65. The number of morpholine rings is 1. The van der Waals surface area contributed by atoms with Crippen LogP contribution in [-0.2, 0) is 9.53 Å². The zero-order valence-corrected chi connectivity index (χ0v) is 18.0.